The van der Waals surface area contributed by atoms with E-state index in [0.717, 1.165) is 42.9 Å². The second-order valence-electron chi connectivity index (χ2n) is 8.52. The fourth-order valence-electron chi connectivity index (χ4n) is 4.39. The number of hydrogen-bond acceptors (Lipinski definition) is 5. The lowest BCUT2D eigenvalue weighted by atomic mass is 9.90. The Bertz CT molecular complexity index is 1220. The van der Waals surface area contributed by atoms with Crippen LogP contribution in [0.4, 0.5) is 11.4 Å². The Balaban J connectivity index is 1.67. The van der Waals surface area contributed by atoms with Crippen molar-refractivity contribution in [3.63, 3.8) is 0 Å². The van der Waals surface area contributed by atoms with Gasteiger partial charge in [-0.15, -0.1) is 0 Å². The molecule has 180 valence electrons. The lowest BCUT2D eigenvalue weighted by molar-refractivity contribution is -0.115. The highest BCUT2D eigenvalue weighted by Gasteiger charge is 2.36. The van der Waals surface area contributed by atoms with Crippen molar-refractivity contribution in [2.75, 3.05) is 32.1 Å². The Morgan fingerprint density at radius 3 is 2.34 bits per heavy atom. The molecule has 6 heteroatoms. The summed E-state index contributed by atoms with van der Waals surface area (Å²) in [5.74, 6) is -1.19. The second kappa shape index (κ2) is 11.1. The molecule has 0 spiro atoms. The summed E-state index contributed by atoms with van der Waals surface area (Å²) in [5.41, 5.74) is 5.40. The van der Waals surface area contributed by atoms with E-state index in [1.807, 2.05) is 42.5 Å². The summed E-state index contributed by atoms with van der Waals surface area (Å²) >= 11 is 0. The SMILES string of the molecule is CCN(CC)CCc1ccc(N=C(c2ccccc2)C2C(=O)Nc3cc(C(=O)OC)ccc32)cc1. The van der Waals surface area contributed by atoms with Crippen LogP contribution in [-0.2, 0) is 16.0 Å². The summed E-state index contributed by atoms with van der Waals surface area (Å²) < 4.78 is 4.82. The number of nitrogens with one attached hydrogen (secondary N) is 1. The highest BCUT2D eigenvalue weighted by Crippen LogP contribution is 2.37. The standard InChI is InChI=1S/C29H31N3O3/c1-4-32(5-2)18-17-20-11-14-23(15-12-20)30-27(21-9-7-6-8-10-21)26-24-16-13-22(29(34)35-3)19-25(24)31-28(26)33/h6-16,19,26H,4-5,17-18H2,1-3H3,(H,31,33). The van der Waals surface area contributed by atoms with Gasteiger partial charge in [0.15, 0.2) is 0 Å². The molecule has 1 aliphatic heterocycles. The molecule has 1 atom stereocenters. The van der Waals surface area contributed by atoms with Gasteiger partial charge >= 0.3 is 5.97 Å². The van der Waals surface area contributed by atoms with E-state index in [0.29, 0.717) is 17.0 Å². The fourth-order valence-corrected chi connectivity index (χ4v) is 4.39. The smallest absolute Gasteiger partial charge is 0.337 e. The number of fused-ring (bicyclic) bond motifs is 1. The van der Waals surface area contributed by atoms with Crippen LogP contribution < -0.4 is 5.32 Å². The van der Waals surface area contributed by atoms with E-state index in [2.05, 4.69) is 36.2 Å². The molecule has 1 N–H and O–H groups in total. The molecule has 0 saturated heterocycles. The van der Waals surface area contributed by atoms with Gasteiger partial charge in [-0.3, -0.25) is 9.79 Å². The monoisotopic (exact) mass is 469 g/mol. The topological polar surface area (TPSA) is 71.0 Å². The number of carbonyl (C=O) groups excluding carboxylic acids is 2. The Labute approximate surface area is 206 Å². The number of nitrogens with zero attached hydrogens (tertiary/aromatic N) is 2. The molecule has 3 aromatic rings. The molecule has 1 amide bonds. The van der Waals surface area contributed by atoms with Crippen molar-refractivity contribution in [1.82, 2.24) is 4.90 Å². The number of anilines is 1. The van der Waals surface area contributed by atoms with Crippen LogP contribution in [0.5, 0.6) is 0 Å². The minimum atomic E-state index is -0.582. The van der Waals surface area contributed by atoms with Crippen molar-refractivity contribution in [3.8, 4) is 0 Å². The average molecular weight is 470 g/mol. The van der Waals surface area contributed by atoms with E-state index in [4.69, 9.17) is 9.73 Å². The van der Waals surface area contributed by atoms with Crippen LogP contribution in [0, 0.1) is 0 Å². The number of methoxy groups -OCH3 is 1. The van der Waals surface area contributed by atoms with Crippen LogP contribution in [0.15, 0.2) is 77.8 Å². The predicted molar refractivity (Wildman–Crippen MR) is 140 cm³/mol. The zero-order valence-electron chi connectivity index (χ0n) is 20.5. The van der Waals surface area contributed by atoms with Crippen molar-refractivity contribution < 1.29 is 14.3 Å². The maximum atomic E-state index is 13.1. The van der Waals surface area contributed by atoms with Gasteiger partial charge in [0.25, 0.3) is 0 Å². The molecule has 3 aromatic carbocycles. The molecule has 4 rings (SSSR count). The quantitative estimate of drug-likeness (QED) is 0.345. The molecule has 0 radical (unpaired) electrons. The zero-order valence-corrected chi connectivity index (χ0v) is 20.5. The third-order valence-electron chi connectivity index (χ3n) is 6.45. The van der Waals surface area contributed by atoms with Gasteiger partial charge < -0.3 is 15.0 Å². The molecule has 0 aromatic heterocycles. The lowest BCUT2D eigenvalue weighted by Crippen LogP contribution is -2.25. The first-order valence-corrected chi connectivity index (χ1v) is 12.0. The highest BCUT2D eigenvalue weighted by atomic mass is 16.5. The Kier molecular flexibility index (Phi) is 7.73. The van der Waals surface area contributed by atoms with Gasteiger partial charge in [-0.1, -0.05) is 62.4 Å². The fraction of sp³-hybridized carbons (Fsp3) is 0.276. The minimum Gasteiger partial charge on any atom is -0.465 e. The molecule has 0 fully saturated rings. The molecule has 1 aliphatic rings. The number of benzene rings is 3. The Morgan fingerprint density at radius 2 is 1.69 bits per heavy atom. The first kappa shape index (κ1) is 24.4. The van der Waals surface area contributed by atoms with Crippen LogP contribution in [0.2, 0.25) is 0 Å². The second-order valence-corrected chi connectivity index (χ2v) is 8.52. The van der Waals surface area contributed by atoms with Crippen molar-refractivity contribution in [3.05, 3.63) is 95.1 Å². The third kappa shape index (κ3) is 5.49. The number of likely N-dealkylation sites (N-methyl/N-ethyl adjacent to an activating group) is 1. The molecule has 35 heavy (non-hydrogen) atoms. The summed E-state index contributed by atoms with van der Waals surface area (Å²) in [5, 5.41) is 2.92. The van der Waals surface area contributed by atoms with E-state index < -0.39 is 11.9 Å². The van der Waals surface area contributed by atoms with Crippen LogP contribution in [0.3, 0.4) is 0 Å². The number of aliphatic imine (C=N–C) groups is 1. The molecule has 0 bridgehead atoms. The lowest BCUT2D eigenvalue weighted by Gasteiger charge is -2.17. The van der Waals surface area contributed by atoms with E-state index >= 15 is 0 Å². The molecule has 1 unspecified atom stereocenters. The normalized spacial score (nSPS) is 15.1. The van der Waals surface area contributed by atoms with Crippen molar-refractivity contribution in [2.24, 2.45) is 4.99 Å². The third-order valence-corrected chi connectivity index (χ3v) is 6.45. The first-order chi connectivity index (χ1) is 17.0. The zero-order chi connectivity index (χ0) is 24.8. The van der Waals surface area contributed by atoms with Gasteiger partial charge in [-0.2, -0.15) is 0 Å². The van der Waals surface area contributed by atoms with Gasteiger partial charge in [0, 0.05) is 12.2 Å². The van der Waals surface area contributed by atoms with Crippen LogP contribution in [-0.4, -0.2) is 49.2 Å². The average Bonchev–Trinajstić information content (AvgIpc) is 3.23. The number of rotatable bonds is 9. The summed E-state index contributed by atoms with van der Waals surface area (Å²) in [4.78, 5) is 32.5. The van der Waals surface area contributed by atoms with E-state index in [-0.39, 0.29) is 5.91 Å². The van der Waals surface area contributed by atoms with Gasteiger partial charge in [0.2, 0.25) is 5.91 Å². The largest absolute Gasteiger partial charge is 0.465 e. The van der Waals surface area contributed by atoms with E-state index in [9.17, 15) is 9.59 Å². The van der Waals surface area contributed by atoms with Gasteiger partial charge in [0.05, 0.1) is 24.1 Å². The van der Waals surface area contributed by atoms with Crippen LogP contribution in [0.1, 0.15) is 46.8 Å². The van der Waals surface area contributed by atoms with Crippen LogP contribution >= 0.6 is 0 Å². The maximum Gasteiger partial charge on any atom is 0.337 e. The molecule has 0 aliphatic carbocycles. The Hall–Kier alpha value is -3.77. The highest BCUT2D eigenvalue weighted by molar-refractivity contribution is 6.24. The van der Waals surface area contributed by atoms with Crippen LogP contribution in [0.25, 0.3) is 0 Å². The molecular formula is C29H31N3O3. The summed E-state index contributed by atoms with van der Waals surface area (Å²) in [7, 11) is 1.34. The maximum absolute atomic E-state index is 13.1. The van der Waals surface area contributed by atoms with E-state index in [1.165, 1.54) is 12.7 Å². The molecule has 1 heterocycles. The van der Waals surface area contributed by atoms with Gasteiger partial charge in [-0.25, -0.2) is 4.79 Å². The first-order valence-electron chi connectivity index (χ1n) is 12.0. The molecular weight excluding hydrogens is 438 g/mol. The summed E-state index contributed by atoms with van der Waals surface area (Å²) in [6, 6.07) is 23.1. The molecule has 0 saturated carbocycles. The summed E-state index contributed by atoms with van der Waals surface area (Å²) in [6.07, 6.45) is 0.984. The number of carbonyl (C=O) groups is 2. The minimum absolute atomic E-state index is 0.166. The van der Waals surface area contributed by atoms with Gasteiger partial charge in [-0.05, 0) is 60.5 Å². The number of hydrogen-bond donors (Lipinski definition) is 1. The van der Waals surface area contributed by atoms with Crippen molar-refractivity contribution in [2.45, 2.75) is 26.2 Å². The summed E-state index contributed by atoms with van der Waals surface area (Å²) in [6.45, 7) is 7.48. The van der Waals surface area contributed by atoms with Crippen molar-refractivity contribution in [1.29, 1.82) is 0 Å². The number of esters is 1. The predicted octanol–water partition coefficient (Wildman–Crippen LogP) is 5.21. The van der Waals surface area contributed by atoms with Gasteiger partial charge in [0.1, 0.15) is 5.92 Å². The van der Waals surface area contributed by atoms with Crippen molar-refractivity contribution >= 4 is 29.0 Å². The number of ether oxygens (including phenoxy) is 1. The van der Waals surface area contributed by atoms with E-state index in [1.54, 1.807) is 18.2 Å². The number of amides is 1. The Morgan fingerprint density at radius 1 is 0.971 bits per heavy atom. The molecule has 6 nitrogen and oxygen atoms in total.